The van der Waals surface area contributed by atoms with Gasteiger partial charge in [0, 0.05) is 34.6 Å². The van der Waals surface area contributed by atoms with Gasteiger partial charge in [0.05, 0.1) is 28.5 Å². The standard InChI is InChI=1S/C55H38N6O/c1-3-15-35(16-4-1)52-59-53(36-17-5-2-6-18-36)61-54(60-52)38-26-28-41-40-27-25-37(39-33-48(46-21-11-13-29-56-46)58-49(34-39)47-22-12-14-30-57-47)31-44(40)55(45(41)32-38)42-19-7-9-23-50(42)62-51-24-10-8-20-43(51)55/h1-34,48,54,58H,(H,59,60,61). The Labute approximate surface area is 359 Å². The van der Waals surface area contributed by atoms with Crippen LogP contribution in [0.15, 0.2) is 217 Å². The minimum Gasteiger partial charge on any atom is -0.457 e. The third-order valence-electron chi connectivity index (χ3n) is 12.3. The van der Waals surface area contributed by atoms with Crippen LogP contribution in [0.2, 0.25) is 0 Å². The molecule has 7 nitrogen and oxygen atoms in total. The molecule has 2 N–H and O–H groups in total. The molecule has 0 saturated carbocycles. The van der Waals surface area contributed by atoms with E-state index in [0.717, 1.165) is 79.2 Å². The van der Waals surface area contributed by atoms with E-state index in [1.807, 2.05) is 79.1 Å². The van der Waals surface area contributed by atoms with Crippen molar-refractivity contribution in [2.24, 2.45) is 9.98 Å². The first-order valence-electron chi connectivity index (χ1n) is 20.9. The van der Waals surface area contributed by atoms with Gasteiger partial charge in [0.15, 0.2) is 6.17 Å². The molecule has 0 bridgehead atoms. The van der Waals surface area contributed by atoms with Crippen LogP contribution >= 0.6 is 0 Å². The SMILES string of the molecule is C1=C(c2ccc3c(c2)C2(c4ccccc4Oc4ccccc42)c2cc(C4N=C(c5ccccc5)NC(c5ccccc5)=N4)ccc2-3)C=C(c2ccccn2)NC1c1ccccn1. The van der Waals surface area contributed by atoms with Crippen LogP contribution in [0.25, 0.3) is 22.4 Å². The summed E-state index contributed by atoms with van der Waals surface area (Å²) in [5.41, 5.74) is 14.1. The lowest BCUT2D eigenvalue weighted by atomic mass is 9.65. The van der Waals surface area contributed by atoms with Crippen LogP contribution in [0.1, 0.15) is 68.1 Å². The number of nitrogens with zero attached hydrogens (tertiary/aromatic N) is 4. The molecule has 0 fully saturated rings. The van der Waals surface area contributed by atoms with E-state index in [9.17, 15) is 0 Å². The summed E-state index contributed by atoms with van der Waals surface area (Å²) in [5.74, 6) is 3.24. The third kappa shape index (κ3) is 5.81. The second-order valence-electron chi connectivity index (χ2n) is 15.9. The van der Waals surface area contributed by atoms with Crippen molar-refractivity contribution in [3.05, 3.63) is 262 Å². The number of pyridine rings is 2. The maximum absolute atomic E-state index is 6.74. The van der Waals surface area contributed by atoms with Crippen molar-refractivity contribution >= 4 is 22.9 Å². The van der Waals surface area contributed by atoms with E-state index in [4.69, 9.17) is 24.7 Å². The van der Waals surface area contributed by atoms with Crippen LogP contribution in [0.5, 0.6) is 11.5 Å². The van der Waals surface area contributed by atoms with E-state index < -0.39 is 11.6 Å². The number of fused-ring (bicyclic) bond motifs is 9. The number of benzene rings is 6. The zero-order valence-electron chi connectivity index (χ0n) is 33.5. The topological polar surface area (TPSA) is 83.8 Å². The van der Waals surface area contributed by atoms with Gasteiger partial charge in [0.1, 0.15) is 23.2 Å². The Bertz CT molecular complexity index is 3060. The molecule has 0 amide bonds. The minimum atomic E-state index is -0.714. The normalized spacial score (nSPS) is 16.7. The van der Waals surface area contributed by atoms with Gasteiger partial charge in [-0.15, -0.1) is 0 Å². The molecule has 5 heterocycles. The molecule has 1 atom stereocenters. The Hall–Kier alpha value is -8.16. The number of nitrogens with one attached hydrogen (secondary N) is 2. The summed E-state index contributed by atoms with van der Waals surface area (Å²) in [6.07, 6.45) is 7.68. The van der Waals surface area contributed by atoms with Gasteiger partial charge in [0.2, 0.25) is 0 Å². The van der Waals surface area contributed by atoms with Crippen LogP contribution in [0, 0.1) is 0 Å². The van der Waals surface area contributed by atoms with Crippen LogP contribution in [-0.2, 0) is 5.41 Å². The van der Waals surface area contributed by atoms with Crippen LogP contribution in [0.4, 0.5) is 0 Å². The third-order valence-corrected chi connectivity index (χ3v) is 12.3. The van der Waals surface area contributed by atoms with Gasteiger partial charge in [-0.2, -0.15) is 0 Å². The molecule has 2 aromatic heterocycles. The van der Waals surface area contributed by atoms with Gasteiger partial charge in [-0.25, -0.2) is 9.98 Å². The molecule has 4 aliphatic rings. The van der Waals surface area contributed by atoms with Gasteiger partial charge in [-0.05, 0) is 99.6 Å². The summed E-state index contributed by atoms with van der Waals surface area (Å²) < 4.78 is 6.74. The van der Waals surface area contributed by atoms with Crippen LogP contribution < -0.4 is 15.4 Å². The Morgan fingerprint density at radius 2 is 1.10 bits per heavy atom. The van der Waals surface area contributed by atoms with Crippen molar-refractivity contribution in [2.75, 3.05) is 0 Å². The average molecular weight is 799 g/mol. The summed E-state index contributed by atoms with van der Waals surface area (Å²) >= 11 is 0. The molecular weight excluding hydrogens is 761 g/mol. The van der Waals surface area contributed by atoms with Crippen molar-refractivity contribution < 1.29 is 4.74 Å². The second-order valence-corrected chi connectivity index (χ2v) is 15.9. The first-order chi connectivity index (χ1) is 30.7. The van der Waals surface area contributed by atoms with E-state index in [2.05, 4.69) is 138 Å². The number of rotatable bonds is 6. The van der Waals surface area contributed by atoms with Crippen LogP contribution in [-0.4, -0.2) is 21.6 Å². The molecule has 0 radical (unpaired) electrons. The van der Waals surface area contributed by atoms with Crippen LogP contribution in [0.3, 0.4) is 0 Å². The molecule has 7 heteroatoms. The number of allylic oxidation sites excluding steroid dienone is 2. The molecular formula is C55H38N6O. The number of hydrogen-bond donors (Lipinski definition) is 2. The number of para-hydroxylation sites is 2. The summed E-state index contributed by atoms with van der Waals surface area (Å²) in [6.45, 7) is 0. The van der Waals surface area contributed by atoms with E-state index in [-0.39, 0.29) is 6.04 Å². The van der Waals surface area contributed by atoms with Crippen molar-refractivity contribution in [3.63, 3.8) is 0 Å². The van der Waals surface area contributed by atoms with Gasteiger partial charge < -0.3 is 15.4 Å². The highest BCUT2D eigenvalue weighted by molar-refractivity contribution is 6.15. The largest absolute Gasteiger partial charge is 0.457 e. The fraction of sp³-hybridized carbons (Fsp3) is 0.0545. The Morgan fingerprint density at radius 1 is 0.500 bits per heavy atom. The molecule has 294 valence electrons. The molecule has 3 aliphatic heterocycles. The fourth-order valence-corrected chi connectivity index (χ4v) is 9.54. The smallest absolute Gasteiger partial charge is 0.169 e. The van der Waals surface area contributed by atoms with Gasteiger partial charge >= 0.3 is 0 Å². The zero-order chi connectivity index (χ0) is 41.0. The molecule has 62 heavy (non-hydrogen) atoms. The monoisotopic (exact) mass is 798 g/mol. The number of amidine groups is 2. The van der Waals surface area contributed by atoms with Crippen molar-refractivity contribution in [1.82, 2.24) is 20.6 Å². The lowest BCUT2D eigenvalue weighted by Crippen LogP contribution is -2.36. The number of hydrogen-bond acceptors (Lipinski definition) is 7. The molecule has 0 saturated heterocycles. The zero-order valence-corrected chi connectivity index (χ0v) is 33.5. The molecule has 8 aromatic rings. The van der Waals surface area contributed by atoms with Gasteiger partial charge in [-0.3, -0.25) is 9.97 Å². The lowest BCUT2D eigenvalue weighted by Gasteiger charge is -2.39. The average Bonchev–Trinajstić information content (AvgIpc) is 3.64. The maximum Gasteiger partial charge on any atom is 0.169 e. The van der Waals surface area contributed by atoms with E-state index >= 15 is 0 Å². The lowest BCUT2D eigenvalue weighted by molar-refractivity contribution is 0.436. The molecule has 6 aromatic carbocycles. The minimum absolute atomic E-state index is 0.160. The highest BCUT2D eigenvalue weighted by Crippen LogP contribution is 2.62. The molecule has 1 aliphatic carbocycles. The maximum atomic E-state index is 6.74. The number of dihydropyridines is 1. The summed E-state index contributed by atoms with van der Waals surface area (Å²) in [5, 5.41) is 7.28. The molecule has 1 unspecified atom stereocenters. The van der Waals surface area contributed by atoms with Gasteiger partial charge in [-0.1, -0.05) is 133 Å². The second kappa shape index (κ2) is 14.5. The highest BCUT2D eigenvalue weighted by atomic mass is 16.5. The van der Waals surface area contributed by atoms with Gasteiger partial charge in [0.25, 0.3) is 0 Å². The number of ether oxygens (including phenoxy) is 1. The predicted octanol–water partition coefficient (Wildman–Crippen LogP) is 11.2. The molecule has 1 spiro atoms. The Kier molecular flexibility index (Phi) is 8.38. The van der Waals surface area contributed by atoms with E-state index in [1.165, 1.54) is 22.3 Å². The summed E-state index contributed by atoms with van der Waals surface area (Å²) in [6, 6.07) is 63.2. The molecule has 12 rings (SSSR count). The summed E-state index contributed by atoms with van der Waals surface area (Å²) in [4.78, 5) is 20.1. The predicted molar refractivity (Wildman–Crippen MR) is 246 cm³/mol. The number of aromatic nitrogens is 2. The Balaban J connectivity index is 1.07. The van der Waals surface area contributed by atoms with Crippen molar-refractivity contribution in [2.45, 2.75) is 17.6 Å². The Morgan fingerprint density at radius 3 is 1.74 bits per heavy atom. The first kappa shape index (κ1) is 35.8. The highest BCUT2D eigenvalue weighted by Gasteiger charge is 2.51. The fourth-order valence-electron chi connectivity index (χ4n) is 9.54. The quantitative estimate of drug-likeness (QED) is 0.175. The van der Waals surface area contributed by atoms with Crippen molar-refractivity contribution in [1.29, 1.82) is 0 Å². The van der Waals surface area contributed by atoms with E-state index in [1.54, 1.807) is 0 Å². The first-order valence-corrected chi connectivity index (χ1v) is 20.9. The van der Waals surface area contributed by atoms with Crippen molar-refractivity contribution in [3.8, 4) is 22.6 Å². The summed E-state index contributed by atoms with van der Waals surface area (Å²) in [7, 11) is 0. The van der Waals surface area contributed by atoms with E-state index in [0.29, 0.717) is 0 Å². The number of aliphatic imine (C=N–C) groups is 2.